The molecule has 150 valence electrons. The summed E-state index contributed by atoms with van der Waals surface area (Å²) in [5.41, 5.74) is 3.81. The van der Waals surface area contributed by atoms with E-state index in [1.165, 1.54) is 17.7 Å². The fourth-order valence-electron chi connectivity index (χ4n) is 5.10. The van der Waals surface area contributed by atoms with Gasteiger partial charge < -0.3 is 10.2 Å². The van der Waals surface area contributed by atoms with Crippen LogP contribution in [-0.4, -0.2) is 32.7 Å². The van der Waals surface area contributed by atoms with Crippen molar-refractivity contribution in [3.8, 4) is 5.69 Å². The molecule has 2 N–H and O–H groups in total. The van der Waals surface area contributed by atoms with Crippen molar-refractivity contribution in [2.75, 3.05) is 6.61 Å². The van der Waals surface area contributed by atoms with Gasteiger partial charge in [0.1, 0.15) is 5.82 Å². The minimum Gasteiger partial charge on any atom is -0.396 e. The molecule has 5 heteroatoms. The summed E-state index contributed by atoms with van der Waals surface area (Å²) in [7, 11) is 0. The highest BCUT2D eigenvalue weighted by atomic mass is 19.1. The lowest BCUT2D eigenvalue weighted by Gasteiger charge is -2.46. The molecule has 0 saturated heterocycles. The van der Waals surface area contributed by atoms with E-state index in [-0.39, 0.29) is 29.2 Å². The minimum atomic E-state index is -0.424. The third-order valence-corrected chi connectivity index (χ3v) is 7.24. The van der Waals surface area contributed by atoms with E-state index in [1.807, 2.05) is 24.7 Å². The third-order valence-electron chi connectivity index (χ3n) is 7.24. The van der Waals surface area contributed by atoms with Gasteiger partial charge in [-0.3, -0.25) is 0 Å². The molecule has 0 amide bonds. The molecule has 1 fully saturated rings. The number of nitrogens with zero attached hydrogens (tertiary/aromatic N) is 2. The molecule has 2 aliphatic rings. The molecular weight excluding hydrogens is 355 g/mol. The Morgan fingerprint density at radius 2 is 1.96 bits per heavy atom. The van der Waals surface area contributed by atoms with Crippen molar-refractivity contribution < 1.29 is 14.6 Å². The molecule has 1 aromatic heterocycles. The molecule has 0 bridgehead atoms. The van der Waals surface area contributed by atoms with Crippen LogP contribution < -0.4 is 0 Å². The van der Waals surface area contributed by atoms with Gasteiger partial charge in [0.25, 0.3) is 0 Å². The average Bonchev–Trinajstić information content (AvgIpc) is 3.19. The summed E-state index contributed by atoms with van der Waals surface area (Å²) in [4.78, 5) is 0. The van der Waals surface area contributed by atoms with Gasteiger partial charge in [0.2, 0.25) is 0 Å². The molecule has 1 heterocycles. The number of benzene rings is 1. The zero-order valence-electron chi connectivity index (χ0n) is 16.8. The normalized spacial score (nSPS) is 27.5. The molecule has 1 aromatic carbocycles. The smallest absolute Gasteiger partial charge is 0.123 e. The van der Waals surface area contributed by atoms with Crippen LogP contribution in [0.5, 0.6) is 0 Å². The molecule has 28 heavy (non-hydrogen) atoms. The van der Waals surface area contributed by atoms with Crippen LogP contribution >= 0.6 is 0 Å². The van der Waals surface area contributed by atoms with Crippen molar-refractivity contribution in [3.63, 3.8) is 0 Å². The van der Waals surface area contributed by atoms with E-state index in [0.717, 1.165) is 36.2 Å². The van der Waals surface area contributed by atoms with Gasteiger partial charge in [0, 0.05) is 17.4 Å². The number of aliphatic hydroxyl groups is 2. The third kappa shape index (κ3) is 2.83. The topological polar surface area (TPSA) is 58.3 Å². The summed E-state index contributed by atoms with van der Waals surface area (Å²) in [5.74, 6) is -0.0941. The Morgan fingerprint density at radius 1 is 1.25 bits per heavy atom. The number of allylic oxidation sites excluding steroid dienone is 1. The first-order chi connectivity index (χ1) is 13.3. The van der Waals surface area contributed by atoms with Crippen LogP contribution in [0.3, 0.4) is 0 Å². The molecule has 2 unspecified atom stereocenters. The van der Waals surface area contributed by atoms with Gasteiger partial charge in [-0.15, -0.1) is 0 Å². The van der Waals surface area contributed by atoms with Crippen LogP contribution in [0.1, 0.15) is 51.3 Å². The fraction of sp³-hybridized carbons (Fsp3) is 0.522. The number of rotatable bonds is 5. The van der Waals surface area contributed by atoms with Gasteiger partial charge in [-0.05, 0) is 67.5 Å². The molecule has 0 spiro atoms. The van der Waals surface area contributed by atoms with Gasteiger partial charge >= 0.3 is 0 Å². The van der Waals surface area contributed by atoms with Crippen LogP contribution in [0.15, 0.2) is 36.0 Å². The molecule has 4 rings (SSSR count). The summed E-state index contributed by atoms with van der Waals surface area (Å²) in [6.45, 7) is 6.35. The standard InChI is InChI=1S/C23H29FN2O2/c1-15(2)21(28)12-23(14-27)9-8-17-10-20-16(11-22(17,23)3)13-25-26(20)19-6-4-18(24)5-7-19/h4-7,10,13,15,21,27-28H,8-9,11-12,14H2,1-3H3/t21?,22-,23?/m0/s1. The maximum atomic E-state index is 13.3. The second kappa shape index (κ2) is 6.82. The van der Waals surface area contributed by atoms with E-state index in [4.69, 9.17) is 0 Å². The summed E-state index contributed by atoms with van der Waals surface area (Å²) < 4.78 is 15.2. The SMILES string of the molecule is CC(C)C(O)CC1(CO)CCC2=Cc3c(cnn3-c3ccc(F)cc3)C[C@@]21C. The number of aromatic nitrogens is 2. The number of hydrogen-bond donors (Lipinski definition) is 2. The van der Waals surface area contributed by atoms with Gasteiger partial charge in [-0.2, -0.15) is 5.10 Å². The summed E-state index contributed by atoms with van der Waals surface area (Å²) in [5, 5.41) is 25.6. The molecule has 0 radical (unpaired) electrons. The van der Waals surface area contributed by atoms with Gasteiger partial charge in [0.05, 0.1) is 23.7 Å². The number of hydrogen-bond acceptors (Lipinski definition) is 3. The van der Waals surface area contributed by atoms with E-state index < -0.39 is 6.10 Å². The monoisotopic (exact) mass is 384 g/mol. The van der Waals surface area contributed by atoms with Gasteiger partial charge in [-0.25, -0.2) is 9.07 Å². The predicted molar refractivity (Wildman–Crippen MR) is 108 cm³/mol. The second-order valence-corrected chi connectivity index (χ2v) is 9.08. The Morgan fingerprint density at radius 3 is 2.61 bits per heavy atom. The number of aliphatic hydroxyl groups excluding tert-OH is 2. The van der Waals surface area contributed by atoms with Crippen molar-refractivity contribution >= 4 is 6.08 Å². The second-order valence-electron chi connectivity index (χ2n) is 9.08. The fourth-order valence-corrected chi connectivity index (χ4v) is 5.10. The maximum absolute atomic E-state index is 13.3. The molecule has 1 saturated carbocycles. The Labute approximate surface area is 165 Å². The Balaban J connectivity index is 1.72. The first-order valence-corrected chi connectivity index (χ1v) is 10.1. The van der Waals surface area contributed by atoms with E-state index in [1.54, 1.807) is 12.1 Å². The molecule has 4 nitrogen and oxygen atoms in total. The Hall–Kier alpha value is -1.98. The zero-order valence-corrected chi connectivity index (χ0v) is 16.8. The van der Waals surface area contributed by atoms with Crippen molar-refractivity contribution in [2.24, 2.45) is 16.7 Å². The number of fused-ring (bicyclic) bond motifs is 2. The van der Waals surface area contributed by atoms with Crippen LogP contribution in [0.25, 0.3) is 11.8 Å². The highest BCUT2D eigenvalue weighted by Crippen LogP contribution is 2.62. The number of halogens is 1. The van der Waals surface area contributed by atoms with E-state index in [9.17, 15) is 14.6 Å². The van der Waals surface area contributed by atoms with Crippen molar-refractivity contribution in [1.29, 1.82) is 0 Å². The van der Waals surface area contributed by atoms with Crippen LogP contribution in [0.2, 0.25) is 0 Å². The summed E-state index contributed by atoms with van der Waals surface area (Å²) in [6, 6.07) is 6.37. The van der Waals surface area contributed by atoms with Crippen molar-refractivity contribution in [2.45, 2.75) is 52.6 Å². The molecular formula is C23H29FN2O2. The van der Waals surface area contributed by atoms with Crippen LogP contribution in [0, 0.1) is 22.6 Å². The van der Waals surface area contributed by atoms with Crippen molar-refractivity contribution in [1.82, 2.24) is 9.78 Å². The van der Waals surface area contributed by atoms with E-state index >= 15 is 0 Å². The first-order valence-electron chi connectivity index (χ1n) is 10.1. The van der Waals surface area contributed by atoms with Gasteiger partial charge in [0.15, 0.2) is 0 Å². The maximum Gasteiger partial charge on any atom is 0.123 e. The molecule has 2 aromatic rings. The predicted octanol–water partition coefficient (Wildman–Crippen LogP) is 4.14. The summed E-state index contributed by atoms with van der Waals surface area (Å²) in [6.07, 6.45) is 6.86. The minimum absolute atomic E-state index is 0.0754. The van der Waals surface area contributed by atoms with Crippen LogP contribution in [-0.2, 0) is 6.42 Å². The lowest BCUT2D eigenvalue weighted by atomic mass is 9.59. The van der Waals surface area contributed by atoms with Crippen molar-refractivity contribution in [3.05, 3.63) is 53.1 Å². The Kier molecular flexibility index (Phi) is 4.71. The lowest BCUT2D eigenvalue weighted by Crippen LogP contribution is -2.45. The highest BCUT2D eigenvalue weighted by Gasteiger charge is 2.56. The largest absolute Gasteiger partial charge is 0.396 e. The molecule has 0 aliphatic heterocycles. The Bertz CT molecular complexity index is 902. The van der Waals surface area contributed by atoms with E-state index in [0.29, 0.717) is 6.42 Å². The average molecular weight is 384 g/mol. The highest BCUT2D eigenvalue weighted by molar-refractivity contribution is 5.62. The molecule has 2 aliphatic carbocycles. The van der Waals surface area contributed by atoms with Crippen LogP contribution in [0.4, 0.5) is 4.39 Å². The summed E-state index contributed by atoms with van der Waals surface area (Å²) >= 11 is 0. The lowest BCUT2D eigenvalue weighted by molar-refractivity contribution is -0.0254. The zero-order chi connectivity index (χ0) is 20.1. The van der Waals surface area contributed by atoms with Gasteiger partial charge in [-0.1, -0.05) is 26.3 Å². The quantitative estimate of drug-likeness (QED) is 0.815. The van der Waals surface area contributed by atoms with E-state index in [2.05, 4.69) is 18.1 Å². The molecule has 3 atom stereocenters. The first kappa shape index (κ1) is 19.3.